The van der Waals surface area contributed by atoms with Gasteiger partial charge in [0.1, 0.15) is 5.75 Å². The molecule has 0 saturated heterocycles. The van der Waals surface area contributed by atoms with Crippen LogP contribution in [0.3, 0.4) is 0 Å². The molecule has 0 aliphatic carbocycles. The number of rotatable bonds is 5. The number of amides is 1. The van der Waals surface area contributed by atoms with Gasteiger partial charge < -0.3 is 10.1 Å². The van der Waals surface area contributed by atoms with E-state index in [0.717, 1.165) is 33.8 Å². The Morgan fingerprint density at radius 1 is 1.07 bits per heavy atom. The second kappa shape index (κ2) is 7.99. The first-order chi connectivity index (χ1) is 14.5. The molecule has 0 spiro atoms. The maximum atomic E-state index is 13.2. The zero-order valence-electron chi connectivity index (χ0n) is 17.5. The first-order valence-corrected chi connectivity index (χ1v) is 9.85. The molecule has 0 fully saturated rings. The fourth-order valence-electron chi connectivity index (χ4n) is 3.61. The highest BCUT2D eigenvalue weighted by Crippen LogP contribution is 2.26. The van der Waals surface area contributed by atoms with E-state index in [4.69, 9.17) is 4.74 Å². The fraction of sp³-hybridized carbons (Fsp3) is 0.208. The van der Waals surface area contributed by atoms with Crippen LogP contribution >= 0.6 is 0 Å². The number of nitrogens with one attached hydrogen (secondary N) is 1. The molecule has 1 N–H and O–H groups in total. The van der Waals surface area contributed by atoms with E-state index in [-0.39, 0.29) is 11.9 Å². The number of methoxy groups -OCH3 is 1. The summed E-state index contributed by atoms with van der Waals surface area (Å²) in [5.41, 5.74) is 4.66. The summed E-state index contributed by atoms with van der Waals surface area (Å²) in [5.74, 6) is 0.604. The number of aromatic nitrogens is 3. The Hall–Kier alpha value is -3.67. The standard InChI is InChI=1S/C24H24N4O2/c1-15-13-21(24(29)26-16(2)18-9-8-12-20(14-18)30-4)22-17(3)27-28(23(22)25-15)19-10-6-5-7-11-19/h5-14,16H,1-4H3,(H,26,29). The molecule has 30 heavy (non-hydrogen) atoms. The first-order valence-electron chi connectivity index (χ1n) is 9.85. The van der Waals surface area contributed by atoms with Crippen molar-refractivity contribution in [2.24, 2.45) is 0 Å². The molecule has 0 radical (unpaired) electrons. The predicted octanol–water partition coefficient (Wildman–Crippen LogP) is 4.54. The van der Waals surface area contributed by atoms with E-state index in [0.29, 0.717) is 11.2 Å². The Labute approximate surface area is 175 Å². The van der Waals surface area contributed by atoms with Gasteiger partial charge in [-0.2, -0.15) is 5.10 Å². The molecular weight excluding hydrogens is 376 g/mol. The van der Waals surface area contributed by atoms with E-state index in [1.54, 1.807) is 11.8 Å². The number of carbonyl (C=O) groups is 1. The maximum absolute atomic E-state index is 13.2. The molecule has 6 heteroatoms. The molecule has 0 aliphatic rings. The van der Waals surface area contributed by atoms with E-state index < -0.39 is 0 Å². The Morgan fingerprint density at radius 2 is 1.83 bits per heavy atom. The van der Waals surface area contributed by atoms with Crippen molar-refractivity contribution in [1.29, 1.82) is 0 Å². The number of benzene rings is 2. The molecule has 1 atom stereocenters. The van der Waals surface area contributed by atoms with Crippen LogP contribution < -0.4 is 10.1 Å². The van der Waals surface area contributed by atoms with Crippen LogP contribution in [0.1, 0.15) is 40.3 Å². The number of hydrogen-bond donors (Lipinski definition) is 1. The number of aryl methyl sites for hydroxylation is 2. The minimum atomic E-state index is -0.180. The minimum Gasteiger partial charge on any atom is -0.497 e. The number of ether oxygens (including phenoxy) is 1. The maximum Gasteiger partial charge on any atom is 0.252 e. The number of fused-ring (bicyclic) bond motifs is 1. The lowest BCUT2D eigenvalue weighted by Gasteiger charge is -2.16. The highest BCUT2D eigenvalue weighted by molar-refractivity contribution is 6.07. The quantitative estimate of drug-likeness (QED) is 0.534. The van der Waals surface area contributed by atoms with E-state index in [1.807, 2.05) is 81.4 Å². The number of pyridine rings is 1. The van der Waals surface area contributed by atoms with Gasteiger partial charge >= 0.3 is 0 Å². The lowest BCUT2D eigenvalue weighted by atomic mass is 10.1. The van der Waals surface area contributed by atoms with Crippen molar-refractivity contribution in [3.8, 4) is 11.4 Å². The van der Waals surface area contributed by atoms with Crippen LogP contribution in [0.25, 0.3) is 16.7 Å². The summed E-state index contributed by atoms with van der Waals surface area (Å²) < 4.78 is 7.09. The summed E-state index contributed by atoms with van der Waals surface area (Å²) in [6.07, 6.45) is 0. The first kappa shape index (κ1) is 19.6. The summed E-state index contributed by atoms with van der Waals surface area (Å²) in [6, 6.07) is 19.2. The molecule has 0 bridgehead atoms. The number of para-hydroxylation sites is 1. The van der Waals surface area contributed by atoms with Crippen LogP contribution in [0.5, 0.6) is 5.75 Å². The summed E-state index contributed by atoms with van der Waals surface area (Å²) >= 11 is 0. The number of carbonyl (C=O) groups excluding carboxylic acids is 1. The van der Waals surface area contributed by atoms with Gasteiger partial charge in [0.15, 0.2) is 5.65 Å². The van der Waals surface area contributed by atoms with E-state index >= 15 is 0 Å². The molecule has 2 aromatic carbocycles. The minimum absolute atomic E-state index is 0.156. The Kier molecular flexibility index (Phi) is 5.23. The van der Waals surface area contributed by atoms with Crippen molar-refractivity contribution < 1.29 is 9.53 Å². The lowest BCUT2D eigenvalue weighted by molar-refractivity contribution is 0.0941. The van der Waals surface area contributed by atoms with E-state index in [2.05, 4.69) is 15.4 Å². The second-order valence-electron chi connectivity index (χ2n) is 7.31. The summed E-state index contributed by atoms with van der Waals surface area (Å²) in [7, 11) is 1.63. The molecule has 2 aromatic heterocycles. The third-order valence-corrected chi connectivity index (χ3v) is 5.13. The monoisotopic (exact) mass is 400 g/mol. The molecule has 2 heterocycles. The van der Waals surface area contributed by atoms with Crippen molar-refractivity contribution >= 4 is 16.9 Å². The normalized spacial score (nSPS) is 12.0. The molecule has 4 aromatic rings. The smallest absolute Gasteiger partial charge is 0.252 e. The van der Waals surface area contributed by atoms with Crippen molar-refractivity contribution in [2.45, 2.75) is 26.8 Å². The average molecular weight is 400 g/mol. The molecule has 152 valence electrons. The molecular formula is C24H24N4O2. The predicted molar refractivity (Wildman–Crippen MR) is 117 cm³/mol. The largest absolute Gasteiger partial charge is 0.497 e. The molecule has 1 unspecified atom stereocenters. The highest BCUT2D eigenvalue weighted by Gasteiger charge is 2.21. The topological polar surface area (TPSA) is 69.0 Å². The van der Waals surface area contributed by atoms with Crippen LogP contribution in [0, 0.1) is 13.8 Å². The Bertz CT molecular complexity index is 1210. The van der Waals surface area contributed by atoms with E-state index in [1.165, 1.54) is 0 Å². The van der Waals surface area contributed by atoms with Crippen LogP contribution in [-0.2, 0) is 0 Å². The van der Waals surface area contributed by atoms with Crippen LogP contribution in [0.15, 0.2) is 60.7 Å². The molecule has 4 rings (SSSR count). The average Bonchev–Trinajstić information content (AvgIpc) is 3.09. The third kappa shape index (κ3) is 3.64. The summed E-state index contributed by atoms with van der Waals surface area (Å²) in [5, 5.41) is 8.53. The van der Waals surface area contributed by atoms with Gasteiger partial charge in [0.2, 0.25) is 0 Å². The van der Waals surface area contributed by atoms with Crippen molar-refractivity contribution in [2.75, 3.05) is 7.11 Å². The van der Waals surface area contributed by atoms with E-state index in [9.17, 15) is 4.79 Å². The number of hydrogen-bond acceptors (Lipinski definition) is 4. The van der Waals surface area contributed by atoms with Gasteiger partial charge in [-0.05, 0) is 56.7 Å². The van der Waals surface area contributed by atoms with Gasteiger partial charge in [0, 0.05) is 5.69 Å². The molecule has 6 nitrogen and oxygen atoms in total. The fourth-order valence-corrected chi connectivity index (χ4v) is 3.61. The van der Waals surface area contributed by atoms with Gasteiger partial charge in [-0.3, -0.25) is 4.79 Å². The third-order valence-electron chi connectivity index (χ3n) is 5.13. The zero-order chi connectivity index (χ0) is 21.3. The van der Waals surface area contributed by atoms with Gasteiger partial charge in [-0.1, -0.05) is 30.3 Å². The Morgan fingerprint density at radius 3 is 2.57 bits per heavy atom. The van der Waals surface area contributed by atoms with Gasteiger partial charge in [-0.25, -0.2) is 9.67 Å². The van der Waals surface area contributed by atoms with Gasteiger partial charge in [-0.15, -0.1) is 0 Å². The van der Waals surface area contributed by atoms with Crippen LogP contribution in [0.2, 0.25) is 0 Å². The van der Waals surface area contributed by atoms with Crippen molar-refractivity contribution in [1.82, 2.24) is 20.1 Å². The highest BCUT2D eigenvalue weighted by atomic mass is 16.5. The van der Waals surface area contributed by atoms with Gasteiger partial charge in [0.05, 0.1) is 35.5 Å². The lowest BCUT2D eigenvalue weighted by Crippen LogP contribution is -2.27. The molecule has 0 aliphatic heterocycles. The summed E-state index contributed by atoms with van der Waals surface area (Å²) in [6.45, 7) is 5.75. The molecule has 0 saturated carbocycles. The zero-order valence-corrected chi connectivity index (χ0v) is 17.5. The second-order valence-corrected chi connectivity index (χ2v) is 7.31. The summed E-state index contributed by atoms with van der Waals surface area (Å²) in [4.78, 5) is 17.9. The van der Waals surface area contributed by atoms with Crippen molar-refractivity contribution in [3.63, 3.8) is 0 Å². The van der Waals surface area contributed by atoms with Crippen LogP contribution in [0.4, 0.5) is 0 Å². The molecule has 1 amide bonds. The van der Waals surface area contributed by atoms with Crippen LogP contribution in [-0.4, -0.2) is 27.8 Å². The van der Waals surface area contributed by atoms with Crippen molar-refractivity contribution in [3.05, 3.63) is 83.2 Å². The van der Waals surface area contributed by atoms with Gasteiger partial charge in [0.25, 0.3) is 5.91 Å². The number of nitrogens with zero attached hydrogens (tertiary/aromatic N) is 3. The Balaban J connectivity index is 1.73. The SMILES string of the molecule is COc1cccc(C(C)NC(=O)c2cc(C)nc3c2c(C)nn3-c2ccccc2)c1.